The molecule has 1 fully saturated rings. The number of para-hydroxylation sites is 1. The lowest BCUT2D eigenvalue weighted by Crippen LogP contribution is -2.51. The maximum Gasteiger partial charge on any atom is 0.0639 e. The molecular weight excluding hydrogens is 282 g/mol. The molecule has 0 saturated carbocycles. The van der Waals surface area contributed by atoms with Crippen molar-refractivity contribution in [2.45, 2.75) is 20.3 Å². The molecule has 0 bridgehead atoms. The third-order valence-electron chi connectivity index (χ3n) is 4.63. The molecule has 1 heterocycles. The second-order valence-electron chi connectivity index (χ2n) is 6.41. The number of rotatable bonds is 6. The maximum absolute atomic E-state index is 6.30. The normalized spacial score (nSPS) is 19.5. The molecule has 0 aliphatic carbocycles. The quantitative estimate of drug-likeness (QED) is 0.871. The van der Waals surface area contributed by atoms with Crippen LogP contribution in [0, 0.1) is 5.41 Å². The lowest BCUT2D eigenvalue weighted by molar-refractivity contribution is 0.150. The first-order valence-corrected chi connectivity index (χ1v) is 8.32. The molecule has 0 spiro atoms. The van der Waals surface area contributed by atoms with Crippen molar-refractivity contribution in [1.82, 2.24) is 10.2 Å². The third-order valence-corrected chi connectivity index (χ3v) is 4.95. The highest BCUT2D eigenvalue weighted by molar-refractivity contribution is 6.33. The molecule has 0 amide bonds. The molecule has 0 aromatic heterocycles. The van der Waals surface area contributed by atoms with Crippen molar-refractivity contribution in [2.75, 3.05) is 51.2 Å². The third kappa shape index (κ3) is 4.35. The molecule has 1 aliphatic rings. The van der Waals surface area contributed by atoms with Gasteiger partial charge >= 0.3 is 0 Å². The lowest BCUT2D eigenvalue weighted by atomic mass is 9.86. The Morgan fingerprint density at radius 3 is 2.43 bits per heavy atom. The summed E-state index contributed by atoms with van der Waals surface area (Å²) in [7, 11) is 2.04. The summed E-state index contributed by atoms with van der Waals surface area (Å²) in [6, 6.07) is 8.15. The zero-order valence-electron chi connectivity index (χ0n) is 13.5. The zero-order valence-corrected chi connectivity index (χ0v) is 14.3. The Morgan fingerprint density at radius 1 is 1.19 bits per heavy atom. The second kappa shape index (κ2) is 7.48. The fourth-order valence-electron chi connectivity index (χ4n) is 3.11. The summed E-state index contributed by atoms with van der Waals surface area (Å²) in [6.07, 6.45) is 1.21. The molecule has 1 aliphatic heterocycles. The topological polar surface area (TPSA) is 18.5 Å². The van der Waals surface area contributed by atoms with Crippen LogP contribution < -0.4 is 10.2 Å². The molecule has 2 rings (SSSR count). The summed E-state index contributed by atoms with van der Waals surface area (Å²) >= 11 is 6.30. The van der Waals surface area contributed by atoms with Crippen LogP contribution in [-0.4, -0.2) is 51.2 Å². The number of piperazine rings is 1. The van der Waals surface area contributed by atoms with Gasteiger partial charge in [-0.25, -0.2) is 0 Å². The van der Waals surface area contributed by atoms with Gasteiger partial charge in [0, 0.05) is 39.3 Å². The highest BCUT2D eigenvalue weighted by Crippen LogP contribution is 2.27. The molecule has 1 saturated heterocycles. The first kappa shape index (κ1) is 16.6. The standard InChI is InChI=1S/C17H28ClN3/c1-4-17(2,13-19-3)14-20-9-11-21(12-10-20)16-8-6-5-7-15(16)18/h5-8,19H,4,9-14H2,1-3H3. The van der Waals surface area contributed by atoms with E-state index in [1.807, 2.05) is 19.2 Å². The molecule has 118 valence electrons. The number of hydrogen-bond donors (Lipinski definition) is 1. The van der Waals surface area contributed by atoms with Crippen LogP contribution in [0.2, 0.25) is 5.02 Å². The molecule has 1 unspecified atom stereocenters. The minimum Gasteiger partial charge on any atom is -0.368 e. The van der Waals surface area contributed by atoms with E-state index in [1.165, 1.54) is 18.7 Å². The van der Waals surface area contributed by atoms with E-state index in [-0.39, 0.29) is 0 Å². The average Bonchev–Trinajstić information content (AvgIpc) is 2.49. The van der Waals surface area contributed by atoms with Crippen LogP contribution in [0.1, 0.15) is 20.3 Å². The van der Waals surface area contributed by atoms with Gasteiger partial charge in [-0.2, -0.15) is 0 Å². The van der Waals surface area contributed by atoms with Crippen LogP contribution in [0.3, 0.4) is 0 Å². The van der Waals surface area contributed by atoms with Crippen LogP contribution in [0.15, 0.2) is 24.3 Å². The Hall–Kier alpha value is -0.770. The van der Waals surface area contributed by atoms with E-state index in [1.54, 1.807) is 0 Å². The summed E-state index contributed by atoms with van der Waals surface area (Å²) in [6.45, 7) is 11.3. The first-order chi connectivity index (χ1) is 10.1. The highest BCUT2D eigenvalue weighted by Gasteiger charge is 2.27. The van der Waals surface area contributed by atoms with Crippen molar-refractivity contribution < 1.29 is 0 Å². The Kier molecular flexibility index (Phi) is 5.91. The van der Waals surface area contributed by atoms with Gasteiger partial charge in [-0.3, -0.25) is 4.90 Å². The first-order valence-electron chi connectivity index (χ1n) is 7.94. The Bertz CT molecular complexity index is 443. The number of halogens is 1. The van der Waals surface area contributed by atoms with Gasteiger partial charge in [0.05, 0.1) is 10.7 Å². The SMILES string of the molecule is CCC(C)(CNC)CN1CCN(c2ccccc2Cl)CC1. The van der Waals surface area contributed by atoms with Crippen molar-refractivity contribution in [3.8, 4) is 0 Å². The Labute approximate surface area is 134 Å². The van der Waals surface area contributed by atoms with E-state index in [9.17, 15) is 0 Å². The predicted molar refractivity (Wildman–Crippen MR) is 92.4 cm³/mol. The predicted octanol–water partition coefficient (Wildman–Crippen LogP) is 3.10. The second-order valence-corrected chi connectivity index (χ2v) is 6.82. The fourth-order valence-corrected chi connectivity index (χ4v) is 3.37. The van der Waals surface area contributed by atoms with Crippen LogP contribution in [0.25, 0.3) is 0 Å². The summed E-state index contributed by atoms with van der Waals surface area (Å²) in [5.74, 6) is 0. The van der Waals surface area contributed by atoms with E-state index >= 15 is 0 Å². The van der Waals surface area contributed by atoms with E-state index in [2.05, 4.69) is 41.1 Å². The molecule has 1 aromatic rings. The largest absolute Gasteiger partial charge is 0.368 e. The van der Waals surface area contributed by atoms with Gasteiger partial charge in [-0.1, -0.05) is 37.6 Å². The highest BCUT2D eigenvalue weighted by atomic mass is 35.5. The van der Waals surface area contributed by atoms with Crippen LogP contribution in [0.5, 0.6) is 0 Å². The van der Waals surface area contributed by atoms with Gasteiger partial charge in [-0.05, 0) is 31.0 Å². The van der Waals surface area contributed by atoms with Crippen molar-refractivity contribution in [2.24, 2.45) is 5.41 Å². The van der Waals surface area contributed by atoms with Gasteiger partial charge in [-0.15, -0.1) is 0 Å². The van der Waals surface area contributed by atoms with Crippen LogP contribution in [-0.2, 0) is 0 Å². The molecule has 1 N–H and O–H groups in total. The average molecular weight is 310 g/mol. The van der Waals surface area contributed by atoms with Crippen LogP contribution in [0.4, 0.5) is 5.69 Å². The monoisotopic (exact) mass is 309 g/mol. The zero-order chi connectivity index (χ0) is 15.3. The Balaban J connectivity index is 1.90. The van der Waals surface area contributed by atoms with Gasteiger partial charge in [0.25, 0.3) is 0 Å². The summed E-state index contributed by atoms with van der Waals surface area (Å²) < 4.78 is 0. The minimum absolute atomic E-state index is 0.362. The molecule has 0 radical (unpaired) electrons. The van der Waals surface area contributed by atoms with E-state index in [0.717, 1.165) is 37.7 Å². The molecule has 1 aromatic carbocycles. The smallest absolute Gasteiger partial charge is 0.0639 e. The molecule has 4 heteroatoms. The van der Waals surface area contributed by atoms with Crippen molar-refractivity contribution in [1.29, 1.82) is 0 Å². The number of nitrogens with one attached hydrogen (secondary N) is 1. The maximum atomic E-state index is 6.30. The van der Waals surface area contributed by atoms with E-state index in [0.29, 0.717) is 5.41 Å². The Morgan fingerprint density at radius 2 is 1.86 bits per heavy atom. The molecule has 1 atom stereocenters. The summed E-state index contributed by atoms with van der Waals surface area (Å²) in [4.78, 5) is 4.99. The molecule has 21 heavy (non-hydrogen) atoms. The van der Waals surface area contributed by atoms with Crippen molar-refractivity contribution in [3.05, 3.63) is 29.3 Å². The molecular formula is C17H28ClN3. The summed E-state index contributed by atoms with van der Waals surface area (Å²) in [5.41, 5.74) is 1.54. The van der Waals surface area contributed by atoms with Gasteiger partial charge < -0.3 is 10.2 Å². The number of nitrogens with zero attached hydrogens (tertiary/aromatic N) is 2. The van der Waals surface area contributed by atoms with Gasteiger partial charge in [0.15, 0.2) is 0 Å². The molecule has 3 nitrogen and oxygen atoms in total. The number of hydrogen-bond acceptors (Lipinski definition) is 3. The van der Waals surface area contributed by atoms with Crippen LogP contribution >= 0.6 is 11.6 Å². The lowest BCUT2D eigenvalue weighted by Gasteiger charge is -2.41. The fraction of sp³-hybridized carbons (Fsp3) is 0.647. The van der Waals surface area contributed by atoms with Gasteiger partial charge in [0.2, 0.25) is 0 Å². The van der Waals surface area contributed by atoms with Crippen molar-refractivity contribution >= 4 is 17.3 Å². The van der Waals surface area contributed by atoms with E-state index in [4.69, 9.17) is 11.6 Å². The number of anilines is 1. The summed E-state index contributed by atoms with van der Waals surface area (Å²) in [5, 5.41) is 4.20. The van der Waals surface area contributed by atoms with E-state index < -0.39 is 0 Å². The minimum atomic E-state index is 0.362. The van der Waals surface area contributed by atoms with Gasteiger partial charge in [0.1, 0.15) is 0 Å². The van der Waals surface area contributed by atoms with Crippen molar-refractivity contribution in [3.63, 3.8) is 0 Å². The number of benzene rings is 1.